The summed E-state index contributed by atoms with van der Waals surface area (Å²) >= 11 is 11.8. The first-order valence-electron chi connectivity index (χ1n) is 9.03. The number of phenols is 1. The average Bonchev–Trinajstić information content (AvgIpc) is 2.71. The molecule has 7 nitrogen and oxygen atoms in total. The SMILES string of the molecule is CCC(=O)c1c(Cl)c([N+](=O)[O-])c(O)c(OCCCc2ccccc2)c1OCCCl. The molecular weight excluding hydrogens is 421 g/mol. The van der Waals surface area contributed by atoms with Gasteiger partial charge >= 0.3 is 5.69 Å². The van der Waals surface area contributed by atoms with E-state index in [0.717, 1.165) is 5.56 Å². The number of ketones is 1. The highest BCUT2D eigenvalue weighted by atomic mass is 35.5. The third-order valence-electron chi connectivity index (χ3n) is 4.11. The number of Topliss-reactive ketones (excluding diaryl/α,β-unsaturated/α-hetero) is 1. The van der Waals surface area contributed by atoms with Crippen LogP contribution in [0.2, 0.25) is 5.02 Å². The Labute approximate surface area is 178 Å². The zero-order valence-electron chi connectivity index (χ0n) is 15.8. The number of nitrogens with zero attached hydrogens (tertiary/aromatic N) is 1. The van der Waals surface area contributed by atoms with Crippen molar-refractivity contribution in [2.75, 3.05) is 19.1 Å². The lowest BCUT2D eigenvalue weighted by Crippen LogP contribution is -2.11. The number of hydrogen-bond acceptors (Lipinski definition) is 6. The summed E-state index contributed by atoms with van der Waals surface area (Å²) in [5.74, 6) is -1.57. The van der Waals surface area contributed by atoms with Crippen molar-refractivity contribution in [2.45, 2.75) is 26.2 Å². The summed E-state index contributed by atoms with van der Waals surface area (Å²) in [6.07, 6.45) is 1.31. The van der Waals surface area contributed by atoms with Crippen LogP contribution in [0.15, 0.2) is 30.3 Å². The number of aryl methyl sites for hydroxylation is 1. The molecule has 0 aliphatic carbocycles. The van der Waals surface area contributed by atoms with E-state index in [1.807, 2.05) is 30.3 Å². The first-order valence-corrected chi connectivity index (χ1v) is 9.95. The summed E-state index contributed by atoms with van der Waals surface area (Å²) < 4.78 is 11.1. The molecule has 0 amide bonds. The minimum Gasteiger partial charge on any atom is -0.499 e. The van der Waals surface area contributed by atoms with E-state index in [1.54, 1.807) is 6.92 Å². The molecule has 0 fully saturated rings. The molecule has 9 heteroatoms. The van der Waals surface area contributed by atoms with Crippen LogP contribution in [0.1, 0.15) is 35.7 Å². The van der Waals surface area contributed by atoms with Crippen LogP contribution in [0.5, 0.6) is 17.2 Å². The lowest BCUT2D eigenvalue weighted by Gasteiger charge is -2.18. The van der Waals surface area contributed by atoms with E-state index in [-0.39, 0.29) is 42.6 Å². The summed E-state index contributed by atoms with van der Waals surface area (Å²) in [7, 11) is 0. The second-order valence-electron chi connectivity index (χ2n) is 6.05. The van der Waals surface area contributed by atoms with E-state index < -0.39 is 27.2 Å². The van der Waals surface area contributed by atoms with E-state index in [2.05, 4.69) is 0 Å². The third kappa shape index (κ3) is 5.52. The van der Waals surface area contributed by atoms with Gasteiger partial charge in [0.05, 0.1) is 23.0 Å². The molecule has 0 spiro atoms. The minimum absolute atomic E-state index is 0.000491. The number of phenolic OH excluding ortho intramolecular Hbond substituents is 1. The van der Waals surface area contributed by atoms with Crippen LogP contribution < -0.4 is 9.47 Å². The monoisotopic (exact) mass is 441 g/mol. The highest BCUT2D eigenvalue weighted by Crippen LogP contribution is 2.51. The summed E-state index contributed by atoms with van der Waals surface area (Å²) in [5, 5.41) is 21.4. The van der Waals surface area contributed by atoms with Gasteiger partial charge in [-0.1, -0.05) is 48.9 Å². The molecule has 1 N–H and O–H groups in total. The molecule has 2 rings (SSSR count). The smallest absolute Gasteiger partial charge is 0.334 e. The Morgan fingerprint density at radius 1 is 1.17 bits per heavy atom. The molecule has 0 aliphatic heterocycles. The molecule has 2 aromatic carbocycles. The number of nitro groups is 1. The largest absolute Gasteiger partial charge is 0.499 e. The Balaban J connectivity index is 2.39. The number of nitro benzene ring substituents is 1. The fourth-order valence-electron chi connectivity index (χ4n) is 2.75. The first kappa shape index (κ1) is 22.8. The molecule has 156 valence electrons. The molecule has 0 saturated heterocycles. The molecule has 2 aromatic rings. The Kier molecular flexibility index (Phi) is 8.54. The quantitative estimate of drug-likeness (QED) is 0.169. The zero-order valence-corrected chi connectivity index (χ0v) is 17.3. The van der Waals surface area contributed by atoms with Gasteiger partial charge in [0.1, 0.15) is 11.6 Å². The van der Waals surface area contributed by atoms with Gasteiger partial charge in [-0.2, -0.15) is 0 Å². The van der Waals surface area contributed by atoms with E-state index in [4.69, 9.17) is 32.7 Å². The van der Waals surface area contributed by atoms with Gasteiger partial charge in [-0.25, -0.2) is 0 Å². The number of carbonyl (C=O) groups is 1. The lowest BCUT2D eigenvalue weighted by atomic mass is 10.0. The van der Waals surface area contributed by atoms with Crippen molar-refractivity contribution in [1.29, 1.82) is 0 Å². The van der Waals surface area contributed by atoms with Crippen molar-refractivity contribution >= 4 is 34.7 Å². The van der Waals surface area contributed by atoms with Crippen molar-refractivity contribution in [3.05, 3.63) is 56.6 Å². The van der Waals surface area contributed by atoms with Crippen LogP contribution in [0.25, 0.3) is 0 Å². The minimum atomic E-state index is -0.855. The molecule has 0 atom stereocenters. The number of carbonyl (C=O) groups excluding carboxylic acids is 1. The number of alkyl halides is 1. The summed E-state index contributed by atoms with van der Waals surface area (Å²) in [4.78, 5) is 23.0. The van der Waals surface area contributed by atoms with Crippen molar-refractivity contribution in [3.63, 3.8) is 0 Å². The van der Waals surface area contributed by atoms with Gasteiger partial charge in [0.15, 0.2) is 11.5 Å². The van der Waals surface area contributed by atoms with Crippen LogP contribution >= 0.6 is 23.2 Å². The summed E-state index contributed by atoms with van der Waals surface area (Å²) in [5.41, 5.74) is 0.115. The molecule has 0 aromatic heterocycles. The molecule has 0 heterocycles. The van der Waals surface area contributed by atoms with E-state index in [9.17, 15) is 20.0 Å². The van der Waals surface area contributed by atoms with E-state index >= 15 is 0 Å². The molecule has 0 radical (unpaired) electrons. The Morgan fingerprint density at radius 3 is 2.41 bits per heavy atom. The predicted octanol–water partition coefficient (Wildman–Crippen LogP) is 5.18. The zero-order chi connectivity index (χ0) is 21.4. The molecule has 0 saturated carbocycles. The lowest BCUT2D eigenvalue weighted by molar-refractivity contribution is -0.385. The van der Waals surface area contributed by atoms with Crippen molar-refractivity contribution in [1.82, 2.24) is 0 Å². The Bertz CT molecular complexity index is 873. The van der Waals surface area contributed by atoms with Gasteiger partial charge in [0.2, 0.25) is 11.5 Å². The Morgan fingerprint density at radius 2 is 1.83 bits per heavy atom. The molecular formula is C20H21Cl2NO6. The van der Waals surface area contributed by atoms with Crippen LogP contribution in [0, 0.1) is 10.1 Å². The average molecular weight is 442 g/mol. The first-order chi connectivity index (χ1) is 13.9. The molecule has 0 bridgehead atoms. The summed E-state index contributed by atoms with van der Waals surface area (Å²) in [6.45, 7) is 1.72. The highest BCUT2D eigenvalue weighted by Gasteiger charge is 2.34. The second kappa shape index (κ2) is 10.9. The maximum absolute atomic E-state index is 12.4. The van der Waals surface area contributed by atoms with E-state index in [0.29, 0.717) is 12.8 Å². The second-order valence-corrected chi connectivity index (χ2v) is 6.81. The number of ether oxygens (including phenoxy) is 2. The summed E-state index contributed by atoms with van der Waals surface area (Å²) in [6, 6.07) is 9.70. The third-order valence-corrected chi connectivity index (χ3v) is 4.63. The van der Waals surface area contributed by atoms with Gasteiger partial charge in [0, 0.05) is 6.42 Å². The van der Waals surface area contributed by atoms with E-state index in [1.165, 1.54) is 0 Å². The van der Waals surface area contributed by atoms with Crippen molar-refractivity contribution in [3.8, 4) is 17.2 Å². The maximum atomic E-state index is 12.4. The molecule has 0 aliphatic rings. The van der Waals surface area contributed by atoms with Crippen LogP contribution in [0.3, 0.4) is 0 Å². The molecule has 0 unspecified atom stereocenters. The number of aromatic hydroxyl groups is 1. The fourth-order valence-corrected chi connectivity index (χ4v) is 3.18. The molecule has 29 heavy (non-hydrogen) atoms. The topological polar surface area (TPSA) is 98.9 Å². The van der Waals surface area contributed by atoms with Crippen LogP contribution in [-0.4, -0.2) is 34.9 Å². The Hall–Kier alpha value is -2.51. The number of rotatable bonds is 11. The van der Waals surface area contributed by atoms with Gasteiger partial charge in [-0.05, 0) is 18.4 Å². The number of halogens is 2. The van der Waals surface area contributed by atoms with Crippen LogP contribution in [0.4, 0.5) is 5.69 Å². The number of benzene rings is 2. The van der Waals surface area contributed by atoms with Crippen molar-refractivity contribution < 1.29 is 24.3 Å². The van der Waals surface area contributed by atoms with Gasteiger partial charge in [-0.15, -0.1) is 11.6 Å². The normalized spacial score (nSPS) is 10.6. The fraction of sp³-hybridized carbons (Fsp3) is 0.350. The highest BCUT2D eigenvalue weighted by molar-refractivity contribution is 6.37. The predicted molar refractivity (Wildman–Crippen MR) is 111 cm³/mol. The number of hydrogen-bond donors (Lipinski definition) is 1. The van der Waals surface area contributed by atoms with Crippen molar-refractivity contribution in [2.24, 2.45) is 0 Å². The standard InChI is InChI=1S/C20H21Cl2NO6/c1-2-14(24)15-16(22)17(23(26)27)18(25)20(19(15)29-12-10-21)28-11-6-9-13-7-4-3-5-8-13/h3-5,7-8,25H,2,6,9-12H2,1H3. The van der Waals surface area contributed by atoms with Crippen LogP contribution in [-0.2, 0) is 6.42 Å². The maximum Gasteiger partial charge on any atom is 0.334 e. The van der Waals surface area contributed by atoms with Gasteiger partial charge in [-0.3, -0.25) is 14.9 Å². The van der Waals surface area contributed by atoms with Gasteiger partial charge < -0.3 is 14.6 Å². The van der Waals surface area contributed by atoms with Gasteiger partial charge in [0.25, 0.3) is 0 Å².